The van der Waals surface area contributed by atoms with Crippen LogP contribution in [-0.2, 0) is 30.7 Å². The van der Waals surface area contributed by atoms with Crippen LogP contribution >= 0.6 is 0 Å². The van der Waals surface area contributed by atoms with Crippen LogP contribution in [0.2, 0.25) is 0 Å². The summed E-state index contributed by atoms with van der Waals surface area (Å²) in [6, 6.07) is 10.1. The second-order valence-corrected chi connectivity index (χ2v) is 9.18. The van der Waals surface area contributed by atoms with Gasteiger partial charge in [0, 0.05) is 18.8 Å². The first-order valence-electron chi connectivity index (χ1n) is 10.2. The van der Waals surface area contributed by atoms with Crippen LogP contribution in [0.25, 0.3) is 0 Å². The molecule has 1 saturated heterocycles. The molecule has 1 aliphatic rings. The first-order valence-corrected chi connectivity index (χ1v) is 11.6. The number of nitrogens with zero attached hydrogens (tertiary/aromatic N) is 1. The van der Waals surface area contributed by atoms with E-state index >= 15 is 0 Å². The molecule has 1 atom stereocenters. The molecular formula is C22H25FN2O6S. The van der Waals surface area contributed by atoms with Gasteiger partial charge in [0.05, 0.1) is 23.7 Å². The minimum absolute atomic E-state index is 0.163. The van der Waals surface area contributed by atoms with Crippen LogP contribution in [0.4, 0.5) is 10.1 Å². The zero-order chi connectivity index (χ0) is 23.3. The molecule has 10 heteroatoms. The summed E-state index contributed by atoms with van der Waals surface area (Å²) in [5.74, 6) is -2.68. The van der Waals surface area contributed by atoms with Gasteiger partial charge in [0.25, 0.3) is 5.91 Å². The van der Waals surface area contributed by atoms with E-state index in [0.29, 0.717) is 5.69 Å². The third-order valence-corrected chi connectivity index (χ3v) is 6.94. The lowest BCUT2D eigenvalue weighted by atomic mass is 10.1. The van der Waals surface area contributed by atoms with Gasteiger partial charge in [-0.1, -0.05) is 19.1 Å². The first kappa shape index (κ1) is 23.8. The highest BCUT2D eigenvalue weighted by atomic mass is 32.2. The SMILES string of the molecule is CCc1ccc(NC(=O)C(C)OC(=O)c2cc(S(=O)(=O)N3CCOCC3)ccc2F)cc1. The van der Waals surface area contributed by atoms with Crippen molar-refractivity contribution < 1.29 is 31.9 Å². The Morgan fingerprint density at radius 3 is 2.44 bits per heavy atom. The smallest absolute Gasteiger partial charge is 0.341 e. The van der Waals surface area contributed by atoms with Crippen molar-refractivity contribution in [1.82, 2.24) is 4.31 Å². The van der Waals surface area contributed by atoms with E-state index in [9.17, 15) is 22.4 Å². The molecule has 2 aromatic rings. The molecule has 1 aliphatic heterocycles. The maximum absolute atomic E-state index is 14.3. The quantitative estimate of drug-likeness (QED) is 0.632. The normalized spacial score (nSPS) is 15.7. The Morgan fingerprint density at radius 2 is 1.81 bits per heavy atom. The molecule has 0 aliphatic carbocycles. The summed E-state index contributed by atoms with van der Waals surface area (Å²) in [4.78, 5) is 24.6. The molecule has 0 saturated carbocycles. The molecular weight excluding hydrogens is 439 g/mol. The monoisotopic (exact) mass is 464 g/mol. The van der Waals surface area contributed by atoms with Crippen LogP contribution < -0.4 is 5.32 Å². The van der Waals surface area contributed by atoms with Gasteiger partial charge in [-0.05, 0) is 49.2 Å². The molecule has 1 unspecified atom stereocenters. The molecule has 1 amide bonds. The number of hydrogen-bond donors (Lipinski definition) is 1. The number of aryl methyl sites for hydroxylation is 1. The van der Waals surface area contributed by atoms with E-state index in [1.165, 1.54) is 11.2 Å². The topological polar surface area (TPSA) is 102 Å². The lowest BCUT2D eigenvalue weighted by Gasteiger charge is -2.26. The van der Waals surface area contributed by atoms with E-state index in [1.54, 1.807) is 12.1 Å². The second kappa shape index (κ2) is 10.2. The van der Waals surface area contributed by atoms with Crippen molar-refractivity contribution in [1.29, 1.82) is 0 Å². The molecule has 1 fully saturated rings. The van der Waals surface area contributed by atoms with E-state index in [-0.39, 0.29) is 31.2 Å². The van der Waals surface area contributed by atoms with Gasteiger partial charge in [-0.15, -0.1) is 0 Å². The third-order valence-electron chi connectivity index (χ3n) is 5.05. The Kier molecular flexibility index (Phi) is 7.60. The number of benzene rings is 2. The number of sulfonamides is 1. The van der Waals surface area contributed by atoms with Gasteiger partial charge in [0.1, 0.15) is 5.82 Å². The summed E-state index contributed by atoms with van der Waals surface area (Å²) in [7, 11) is -3.93. The van der Waals surface area contributed by atoms with Crippen LogP contribution in [0, 0.1) is 5.82 Å². The molecule has 172 valence electrons. The van der Waals surface area contributed by atoms with Gasteiger partial charge in [0.2, 0.25) is 10.0 Å². The highest BCUT2D eigenvalue weighted by Gasteiger charge is 2.29. The highest BCUT2D eigenvalue weighted by Crippen LogP contribution is 2.21. The Labute approximate surface area is 186 Å². The Hall–Kier alpha value is -2.82. The van der Waals surface area contributed by atoms with Crippen LogP contribution in [0.1, 0.15) is 29.8 Å². The summed E-state index contributed by atoms with van der Waals surface area (Å²) < 4.78 is 51.3. The number of amides is 1. The van der Waals surface area contributed by atoms with Crippen molar-refractivity contribution in [2.24, 2.45) is 0 Å². The van der Waals surface area contributed by atoms with Gasteiger partial charge in [-0.3, -0.25) is 4.79 Å². The molecule has 2 aromatic carbocycles. The van der Waals surface area contributed by atoms with Crippen molar-refractivity contribution >= 4 is 27.6 Å². The fourth-order valence-corrected chi connectivity index (χ4v) is 4.54. The molecule has 32 heavy (non-hydrogen) atoms. The Bertz CT molecular complexity index is 1080. The van der Waals surface area contributed by atoms with E-state index in [1.807, 2.05) is 19.1 Å². The maximum atomic E-state index is 14.3. The minimum Gasteiger partial charge on any atom is -0.449 e. The van der Waals surface area contributed by atoms with E-state index < -0.39 is 39.4 Å². The van der Waals surface area contributed by atoms with E-state index in [4.69, 9.17) is 9.47 Å². The minimum atomic E-state index is -3.93. The highest BCUT2D eigenvalue weighted by molar-refractivity contribution is 7.89. The molecule has 0 aromatic heterocycles. The van der Waals surface area contributed by atoms with Gasteiger partial charge in [-0.2, -0.15) is 4.31 Å². The van der Waals surface area contributed by atoms with Gasteiger partial charge < -0.3 is 14.8 Å². The van der Waals surface area contributed by atoms with Crippen molar-refractivity contribution in [3.8, 4) is 0 Å². The molecule has 0 radical (unpaired) electrons. The number of esters is 1. The van der Waals surface area contributed by atoms with E-state index in [2.05, 4.69) is 5.32 Å². The maximum Gasteiger partial charge on any atom is 0.341 e. The van der Waals surface area contributed by atoms with Crippen molar-refractivity contribution in [2.75, 3.05) is 31.6 Å². The Balaban J connectivity index is 1.71. The molecule has 0 spiro atoms. The van der Waals surface area contributed by atoms with Crippen LogP contribution in [0.5, 0.6) is 0 Å². The Morgan fingerprint density at radius 1 is 1.16 bits per heavy atom. The average molecular weight is 465 g/mol. The summed E-state index contributed by atoms with van der Waals surface area (Å²) in [6.07, 6.45) is -0.374. The largest absolute Gasteiger partial charge is 0.449 e. The molecule has 1 N–H and O–H groups in total. The number of rotatable bonds is 7. The lowest BCUT2D eigenvalue weighted by molar-refractivity contribution is -0.123. The average Bonchev–Trinajstić information content (AvgIpc) is 2.80. The van der Waals surface area contributed by atoms with Crippen molar-refractivity contribution in [3.63, 3.8) is 0 Å². The van der Waals surface area contributed by atoms with Gasteiger partial charge in [0.15, 0.2) is 6.10 Å². The standard InChI is InChI=1S/C22H25FN2O6S/c1-3-16-4-6-17(7-5-16)24-21(26)15(2)31-22(27)19-14-18(8-9-20(19)23)32(28,29)25-10-12-30-13-11-25/h4-9,14-15H,3,10-13H2,1-2H3,(H,24,26). The van der Waals surface area contributed by atoms with Crippen molar-refractivity contribution in [3.05, 3.63) is 59.4 Å². The summed E-state index contributed by atoms with van der Waals surface area (Å²) >= 11 is 0. The number of hydrogen-bond acceptors (Lipinski definition) is 6. The number of ether oxygens (including phenoxy) is 2. The molecule has 3 rings (SSSR count). The van der Waals surface area contributed by atoms with Crippen molar-refractivity contribution in [2.45, 2.75) is 31.3 Å². The van der Waals surface area contributed by atoms with Gasteiger partial charge in [-0.25, -0.2) is 17.6 Å². The second-order valence-electron chi connectivity index (χ2n) is 7.25. The van der Waals surface area contributed by atoms with Crippen LogP contribution in [-0.4, -0.2) is 57.0 Å². The number of carbonyl (C=O) groups excluding carboxylic acids is 2. The predicted octanol–water partition coefficient (Wildman–Crippen LogP) is 2.59. The van der Waals surface area contributed by atoms with E-state index in [0.717, 1.165) is 30.2 Å². The number of nitrogens with one attached hydrogen (secondary N) is 1. The summed E-state index contributed by atoms with van der Waals surface area (Å²) in [5, 5.41) is 2.62. The lowest BCUT2D eigenvalue weighted by Crippen LogP contribution is -2.40. The zero-order valence-corrected chi connectivity index (χ0v) is 18.7. The summed E-state index contributed by atoms with van der Waals surface area (Å²) in [5.41, 5.74) is 1.07. The third kappa shape index (κ3) is 5.50. The molecule has 8 nitrogen and oxygen atoms in total. The first-order chi connectivity index (χ1) is 15.2. The number of halogens is 1. The number of anilines is 1. The molecule has 0 bridgehead atoms. The number of morpholine rings is 1. The van der Waals surface area contributed by atoms with Crippen LogP contribution in [0.3, 0.4) is 0 Å². The fourth-order valence-electron chi connectivity index (χ4n) is 3.10. The number of carbonyl (C=O) groups is 2. The van der Waals surface area contributed by atoms with Gasteiger partial charge >= 0.3 is 5.97 Å². The zero-order valence-electron chi connectivity index (χ0n) is 17.8. The summed E-state index contributed by atoms with van der Waals surface area (Å²) in [6.45, 7) is 4.19. The predicted molar refractivity (Wildman–Crippen MR) is 115 cm³/mol. The van der Waals surface area contributed by atoms with Crippen LogP contribution in [0.15, 0.2) is 47.4 Å². The molecule has 1 heterocycles. The fraction of sp³-hybridized carbons (Fsp3) is 0.364.